The highest BCUT2D eigenvalue weighted by Crippen LogP contribution is 2.14. The molecule has 0 unspecified atom stereocenters. The summed E-state index contributed by atoms with van der Waals surface area (Å²) in [4.78, 5) is 35.7. The Bertz CT molecular complexity index is 663. The minimum Gasteiger partial charge on any atom is -0.464 e. The van der Waals surface area contributed by atoms with Gasteiger partial charge in [-0.05, 0) is 38.0 Å². The zero-order chi connectivity index (χ0) is 18.8. The lowest BCUT2D eigenvalue weighted by atomic mass is 10.0. The van der Waals surface area contributed by atoms with E-state index < -0.39 is 23.9 Å². The summed E-state index contributed by atoms with van der Waals surface area (Å²) in [5.41, 5.74) is 7.09. The van der Waals surface area contributed by atoms with Crippen LogP contribution in [0.1, 0.15) is 31.4 Å². The lowest BCUT2D eigenvalue weighted by molar-refractivity contribution is -0.159. The predicted molar refractivity (Wildman–Crippen MR) is 89.1 cm³/mol. The molecule has 1 amide bonds. The summed E-state index contributed by atoms with van der Waals surface area (Å²) in [7, 11) is 0. The van der Waals surface area contributed by atoms with Gasteiger partial charge in [0.05, 0.1) is 24.8 Å². The summed E-state index contributed by atoms with van der Waals surface area (Å²) in [6, 6.07) is 5.32. The van der Waals surface area contributed by atoms with E-state index >= 15 is 0 Å². The molecule has 0 spiro atoms. The highest BCUT2D eigenvalue weighted by atomic mass is 16.6. The molecule has 25 heavy (non-hydrogen) atoms. The largest absolute Gasteiger partial charge is 0.464 e. The number of ether oxygens (including phenoxy) is 2. The van der Waals surface area contributed by atoms with Crippen LogP contribution >= 0.6 is 0 Å². The monoisotopic (exact) mass is 347 g/mol. The number of rotatable bonds is 8. The number of nitrogen functional groups attached to an aromatic ring is 1. The minimum absolute atomic E-state index is 0.0199. The molecule has 0 aromatic heterocycles. The number of nitriles is 1. The Balaban J connectivity index is 2.73. The van der Waals surface area contributed by atoms with Gasteiger partial charge in [0.15, 0.2) is 0 Å². The van der Waals surface area contributed by atoms with E-state index in [1.165, 1.54) is 6.07 Å². The highest BCUT2D eigenvalue weighted by molar-refractivity contribution is 6.02. The van der Waals surface area contributed by atoms with Crippen molar-refractivity contribution >= 4 is 23.5 Å². The molecule has 0 aliphatic heterocycles. The summed E-state index contributed by atoms with van der Waals surface area (Å²) in [6.45, 7) is 3.32. The van der Waals surface area contributed by atoms with Crippen molar-refractivity contribution in [3.63, 3.8) is 0 Å². The van der Waals surface area contributed by atoms with Gasteiger partial charge >= 0.3 is 11.9 Å². The molecule has 0 bridgehead atoms. The third kappa shape index (κ3) is 6.14. The number of hydrogen-bond acceptors (Lipinski definition) is 7. The first-order valence-electron chi connectivity index (χ1n) is 7.84. The SMILES string of the molecule is CCOC(=O)C(NC(=O)CCc1ccc(N)cc1C#N)C(=O)OCC. The zero-order valence-electron chi connectivity index (χ0n) is 14.2. The van der Waals surface area contributed by atoms with Crippen molar-refractivity contribution in [2.45, 2.75) is 32.7 Å². The van der Waals surface area contributed by atoms with Gasteiger partial charge in [-0.15, -0.1) is 0 Å². The van der Waals surface area contributed by atoms with Crippen LogP contribution in [-0.2, 0) is 30.3 Å². The molecule has 1 aromatic carbocycles. The summed E-state index contributed by atoms with van der Waals surface area (Å²) in [5, 5.41) is 11.4. The third-order valence-corrected chi connectivity index (χ3v) is 3.23. The molecule has 0 aliphatic carbocycles. The van der Waals surface area contributed by atoms with Crippen LogP contribution < -0.4 is 11.1 Å². The average Bonchev–Trinajstić information content (AvgIpc) is 2.58. The van der Waals surface area contributed by atoms with E-state index in [9.17, 15) is 14.4 Å². The summed E-state index contributed by atoms with van der Waals surface area (Å²) in [5.74, 6) is -2.29. The number of esters is 2. The Labute approximate surface area is 145 Å². The molecule has 8 heteroatoms. The first kappa shape index (κ1) is 20.0. The van der Waals surface area contributed by atoms with Crippen LogP contribution in [0, 0.1) is 11.3 Å². The lowest BCUT2D eigenvalue weighted by Gasteiger charge is -2.16. The van der Waals surface area contributed by atoms with E-state index in [0.29, 0.717) is 16.8 Å². The van der Waals surface area contributed by atoms with Crippen LogP contribution in [0.5, 0.6) is 0 Å². The maximum atomic E-state index is 12.1. The van der Waals surface area contributed by atoms with Crippen molar-refractivity contribution in [2.75, 3.05) is 18.9 Å². The number of carbonyl (C=O) groups excluding carboxylic acids is 3. The topological polar surface area (TPSA) is 132 Å². The molecule has 0 saturated heterocycles. The van der Waals surface area contributed by atoms with Crippen molar-refractivity contribution in [3.8, 4) is 6.07 Å². The first-order chi connectivity index (χ1) is 11.9. The Kier molecular flexibility index (Phi) is 7.93. The number of aryl methyl sites for hydroxylation is 1. The minimum atomic E-state index is -1.51. The summed E-state index contributed by atoms with van der Waals surface area (Å²) in [6.07, 6.45) is 0.237. The maximum absolute atomic E-state index is 12.1. The highest BCUT2D eigenvalue weighted by Gasteiger charge is 2.31. The van der Waals surface area contributed by atoms with Gasteiger partial charge in [0.1, 0.15) is 0 Å². The van der Waals surface area contributed by atoms with Gasteiger partial charge in [-0.1, -0.05) is 6.07 Å². The van der Waals surface area contributed by atoms with E-state index in [2.05, 4.69) is 5.32 Å². The van der Waals surface area contributed by atoms with Crippen LogP contribution in [0.15, 0.2) is 18.2 Å². The number of nitrogens with zero attached hydrogens (tertiary/aromatic N) is 1. The standard InChI is InChI=1S/C17H21N3O5/c1-3-24-16(22)15(17(23)25-4-2)20-14(21)8-6-11-5-7-13(19)9-12(11)10-18/h5,7,9,15H,3-4,6,8,19H2,1-2H3,(H,20,21). The molecule has 0 fully saturated rings. The smallest absolute Gasteiger partial charge is 0.340 e. The van der Waals surface area contributed by atoms with Gasteiger partial charge in [0, 0.05) is 12.1 Å². The summed E-state index contributed by atoms with van der Waals surface area (Å²) >= 11 is 0. The maximum Gasteiger partial charge on any atom is 0.340 e. The lowest BCUT2D eigenvalue weighted by Crippen LogP contribution is -2.48. The van der Waals surface area contributed by atoms with Crippen LogP contribution in [0.3, 0.4) is 0 Å². The van der Waals surface area contributed by atoms with Crippen LogP contribution in [0.4, 0.5) is 5.69 Å². The molecule has 0 saturated carbocycles. The average molecular weight is 347 g/mol. The molecule has 134 valence electrons. The van der Waals surface area contributed by atoms with Gasteiger partial charge in [-0.3, -0.25) is 4.79 Å². The van der Waals surface area contributed by atoms with Gasteiger partial charge in [0.25, 0.3) is 0 Å². The van der Waals surface area contributed by atoms with Gasteiger partial charge < -0.3 is 20.5 Å². The molecule has 0 radical (unpaired) electrons. The summed E-state index contributed by atoms with van der Waals surface area (Å²) < 4.78 is 9.55. The van der Waals surface area contributed by atoms with E-state index in [4.69, 9.17) is 20.5 Å². The predicted octanol–water partition coefficient (Wildman–Crippen LogP) is 0.684. The number of benzene rings is 1. The van der Waals surface area contributed by atoms with E-state index in [1.54, 1.807) is 26.0 Å². The fourth-order valence-electron chi connectivity index (χ4n) is 2.06. The molecule has 0 aliphatic rings. The molecule has 1 rings (SSSR count). The van der Waals surface area contributed by atoms with E-state index in [-0.39, 0.29) is 26.1 Å². The number of anilines is 1. The van der Waals surface area contributed by atoms with Crippen LogP contribution in [0.25, 0.3) is 0 Å². The van der Waals surface area contributed by atoms with Crippen molar-refractivity contribution in [1.82, 2.24) is 5.32 Å². The molecule has 0 heterocycles. The fourth-order valence-corrected chi connectivity index (χ4v) is 2.06. The Hall–Kier alpha value is -3.08. The van der Waals surface area contributed by atoms with Crippen molar-refractivity contribution in [2.24, 2.45) is 0 Å². The van der Waals surface area contributed by atoms with Crippen LogP contribution in [-0.4, -0.2) is 37.1 Å². The van der Waals surface area contributed by atoms with Gasteiger partial charge in [-0.2, -0.15) is 5.26 Å². The zero-order valence-corrected chi connectivity index (χ0v) is 14.2. The quantitative estimate of drug-likeness (QED) is 0.401. The molecule has 0 atom stereocenters. The van der Waals surface area contributed by atoms with E-state index in [1.807, 2.05) is 6.07 Å². The number of hydrogen-bond donors (Lipinski definition) is 2. The van der Waals surface area contributed by atoms with E-state index in [0.717, 1.165) is 0 Å². The molecule has 3 N–H and O–H groups in total. The van der Waals surface area contributed by atoms with Crippen molar-refractivity contribution < 1.29 is 23.9 Å². The normalized spacial score (nSPS) is 10.0. The second kappa shape index (κ2) is 9.93. The second-order valence-electron chi connectivity index (χ2n) is 5.03. The van der Waals surface area contributed by atoms with Gasteiger partial charge in [-0.25, -0.2) is 9.59 Å². The number of nitrogens with one attached hydrogen (secondary N) is 1. The Morgan fingerprint density at radius 1 is 1.20 bits per heavy atom. The molecular formula is C17H21N3O5. The van der Waals surface area contributed by atoms with Crippen molar-refractivity contribution in [1.29, 1.82) is 5.26 Å². The Morgan fingerprint density at radius 2 is 1.80 bits per heavy atom. The van der Waals surface area contributed by atoms with Crippen LogP contribution in [0.2, 0.25) is 0 Å². The third-order valence-electron chi connectivity index (χ3n) is 3.23. The first-order valence-corrected chi connectivity index (χ1v) is 7.84. The molecule has 8 nitrogen and oxygen atoms in total. The number of carbonyl (C=O) groups is 3. The van der Waals surface area contributed by atoms with Gasteiger partial charge in [0.2, 0.25) is 11.9 Å². The fraction of sp³-hybridized carbons (Fsp3) is 0.412. The Morgan fingerprint density at radius 3 is 2.32 bits per heavy atom. The second-order valence-corrected chi connectivity index (χ2v) is 5.03. The molecular weight excluding hydrogens is 326 g/mol. The number of amides is 1. The van der Waals surface area contributed by atoms with Crippen molar-refractivity contribution in [3.05, 3.63) is 29.3 Å². The number of nitrogens with two attached hydrogens (primary N) is 1. The molecule has 1 aromatic rings.